The van der Waals surface area contributed by atoms with Crippen molar-refractivity contribution < 1.29 is 13.2 Å². The van der Waals surface area contributed by atoms with Crippen LogP contribution in [0.3, 0.4) is 0 Å². The zero-order valence-corrected chi connectivity index (χ0v) is 11.6. The second-order valence-electron chi connectivity index (χ2n) is 6.17. The number of halogens is 3. The van der Waals surface area contributed by atoms with Crippen LogP contribution in [0.4, 0.5) is 18.9 Å². The number of nitrogens with zero attached hydrogens (tertiary/aromatic N) is 1. The van der Waals surface area contributed by atoms with Gasteiger partial charge in [-0.1, -0.05) is 26.8 Å². The van der Waals surface area contributed by atoms with Crippen LogP contribution in [-0.2, 0) is 11.6 Å². The lowest BCUT2D eigenvalue weighted by Crippen LogP contribution is -2.24. The van der Waals surface area contributed by atoms with Crippen LogP contribution in [-0.4, -0.2) is 13.1 Å². The van der Waals surface area contributed by atoms with E-state index in [1.807, 2.05) is 20.8 Å². The molecule has 1 aliphatic heterocycles. The molecular weight excluding hydrogens is 251 g/mol. The van der Waals surface area contributed by atoms with Crippen LogP contribution >= 0.6 is 0 Å². The predicted molar refractivity (Wildman–Crippen MR) is 71.6 cm³/mol. The molecule has 4 heteroatoms. The summed E-state index contributed by atoms with van der Waals surface area (Å²) >= 11 is 0. The Morgan fingerprint density at radius 3 is 2.05 bits per heavy atom. The van der Waals surface area contributed by atoms with E-state index in [1.54, 1.807) is 6.07 Å². The average molecular weight is 271 g/mol. The SMILES string of the molecule is CC(C)(C)c1ccc(C(F)(F)F)cc1N1CCCC1. The van der Waals surface area contributed by atoms with Crippen molar-refractivity contribution in [3.05, 3.63) is 29.3 Å². The summed E-state index contributed by atoms with van der Waals surface area (Å²) in [5, 5.41) is 0. The molecule has 0 radical (unpaired) electrons. The molecule has 0 spiro atoms. The summed E-state index contributed by atoms with van der Waals surface area (Å²) in [6, 6.07) is 4.14. The largest absolute Gasteiger partial charge is 0.416 e. The van der Waals surface area contributed by atoms with Gasteiger partial charge in [-0.05, 0) is 36.0 Å². The summed E-state index contributed by atoms with van der Waals surface area (Å²) in [4.78, 5) is 2.08. The number of rotatable bonds is 1. The van der Waals surface area contributed by atoms with Gasteiger partial charge in [0.1, 0.15) is 0 Å². The summed E-state index contributed by atoms with van der Waals surface area (Å²) in [6.45, 7) is 7.81. The third kappa shape index (κ3) is 3.04. The number of alkyl halides is 3. The van der Waals surface area contributed by atoms with Crippen LogP contribution < -0.4 is 4.90 Å². The van der Waals surface area contributed by atoms with E-state index in [0.29, 0.717) is 0 Å². The van der Waals surface area contributed by atoms with Gasteiger partial charge < -0.3 is 4.90 Å². The van der Waals surface area contributed by atoms with E-state index in [9.17, 15) is 13.2 Å². The summed E-state index contributed by atoms with van der Waals surface area (Å²) in [5.74, 6) is 0. The van der Waals surface area contributed by atoms with E-state index >= 15 is 0 Å². The normalized spacial score (nSPS) is 17.1. The molecule has 0 saturated carbocycles. The first kappa shape index (κ1) is 14.2. The highest BCUT2D eigenvalue weighted by Crippen LogP contribution is 2.38. The topological polar surface area (TPSA) is 3.24 Å². The van der Waals surface area contributed by atoms with Crippen LogP contribution in [0.5, 0.6) is 0 Å². The van der Waals surface area contributed by atoms with E-state index in [2.05, 4.69) is 4.90 Å². The third-order valence-electron chi connectivity index (χ3n) is 3.58. The quantitative estimate of drug-likeness (QED) is 0.721. The maximum absolute atomic E-state index is 12.9. The molecule has 0 aliphatic carbocycles. The van der Waals surface area contributed by atoms with E-state index in [0.717, 1.165) is 37.2 Å². The molecule has 1 aromatic rings. The Balaban J connectivity index is 2.50. The Morgan fingerprint density at radius 2 is 1.58 bits per heavy atom. The maximum atomic E-state index is 12.9. The fraction of sp³-hybridized carbons (Fsp3) is 0.600. The van der Waals surface area contributed by atoms with Crippen LogP contribution in [0.15, 0.2) is 18.2 Å². The molecule has 0 atom stereocenters. The van der Waals surface area contributed by atoms with Crippen LogP contribution in [0.2, 0.25) is 0 Å². The second-order valence-corrected chi connectivity index (χ2v) is 6.17. The maximum Gasteiger partial charge on any atom is 0.416 e. The van der Waals surface area contributed by atoms with Crippen molar-refractivity contribution in [2.75, 3.05) is 18.0 Å². The van der Waals surface area contributed by atoms with E-state index in [-0.39, 0.29) is 5.41 Å². The zero-order valence-electron chi connectivity index (χ0n) is 11.6. The highest BCUT2D eigenvalue weighted by atomic mass is 19.4. The van der Waals surface area contributed by atoms with Crippen molar-refractivity contribution >= 4 is 5.69 Å². The Labute approximate surface area is 112 Å². The van der Waals surface area contributed by atoms with Gasteiger partial charge in [0.25, 0.3) is 0 Å². The predicted octanol–water partition coefficient (Wildman–Crippen LogP) is 4.60. The van der Waals surface area contributed by atoms with E-state index < -0.39 is 11.7 Å². The molecule has 0 bridgehead atoms. The Hall–Kier alpha value is -1.19. The number of benzene rings is 1. The Bertz CT molecular complexity index is 451. The Morgan fingerprint density at radius 1 is 1.00 bits per heavy atom. The summed E-state index contributed by atoms with van der Waals surface area (Å²) in [6.07, 6.45) is -2.16. The van der Waals surface area contributed by atoms with Crippen molar-refractivity contribution in [1.82, 2.24) is 0 Å². The first-order valence-electron chi connectivity index (χ1n) is 6.66. The van der Waals surface area contributed by atoms with Crippen molar-refractivity contribution in [3.8, 4) is 0 Å². The van der Waals surface area contributed by atoms with Gasteiger partial charge in [-0.3, -0.25) is 0 Å². The average Bonchev–Trinajstić information content (AvgIpc) is 2.79. The number of hydrogen-bond acceptors (Lipinski definition) is 1. The Kier molecular flexibility index (Phi) is 3.54. The van der Waals surface area contributed by atoms with Crippen LogP contribution in [0.25, 0.3) is 0 Å². The molecule has 1 heterocycles. The van der Waals surface area contributed by atoms with Crippen LogP contribution in [0, 0.1) is 0 Å². The molecule has 1 aliphatic rings. The van der Waals surface area contributed by atoms with Crippen molar-refractivity contribution in [1.29, 1.82) is 0 Å². The van der Waals surface area contributed by atoms with Gasteiger partial charge in [0.05, 0.1) is 5.56 Å². The highest BCUT2D eigenvalue weighted by Gasteiger charge is 2.33. The third-order valence-corrected chi connectivity index (χ3v) is 3.58. The second kappa shape index (κ2) is 4.73. The van der Waals surface area contributed by atoms with Crippen molar-refractivity contribution in [2.45, 2.75) is 45.2 Å². The molecule has 1 saturated heterocycles. The molecule has 1 aromatic carbocycles. The standard InChI is InChI=1S/C15H20F3N/c1-14(2,3)12-7-6-11(15(16,17)18)10-13(12)19-8-4-5-9-19/h6-7,10H,4-5,8-9H2,1-3H3. The van der Waals surface area contributed by atoms with Gasteiger partial charge in [0, 0.05) is 18.8 Å². The van der Waals surface area contributed by atoms with Gasteiger partial charge in [0.15, 0.2) is 0 Å². The molecule has 1 nitrogen and oxygen atoms in total. The molecule has 0 unspecified atom stereocenters. The lowest BCUT2D eigenvalue weighted by Gasteiger charge is -2.29. The minimum atomic E-state index is -4.27. The molecule has 0 aromatic heterocycles. The lowest BCUT2D eigenvalue weighted by atomic mass is 9.84. The van der Waals surface area contributed by atoms with Crippen molar-refractivity contribution in [2.24, 2.45) is 0 Å². The van der Waals surface area contributed by atoms with Gasteiger partial charge in [0.2, 0.25) is 0 Å². The fourth-order valence-electron chi connectivity index (χ4n) is 2.56. The first-order valence-corrected chi connectivity index (χ1v) is 6.66. The van der Waals surface area contributed by atoms with Crippen molar-refractivity contribution in [3.63, 3.8) is 0 Å². The van der Waals surface area contributed by atoms with E-state index in [4.69, 9.17) is 0 Å². The molecule has 19 heavy (non-hydrogen) atoms. The number of anilines is 1. The molecular formula is C15H20F3N. The minimum Gasteiger partial charge on any atom is -0.371 e. The summed E-state index contributed by atoms with van der Waals surface area (Å²) in [5.41, 5.74) is 1.03. The van der Waals surface area contributed by atoms with Gasteiger partial charge in [-0.2, -0.15) is 13.2 Å². The molecule has 0 N–H and O–H groups in total. The van der Waals surface area contributed by atoms with Crippen LogP contribution in [0.1, 0.15) is 44.7 Å². The van der Waals surface area contributed by atoms with Gasteiger partial charge in [-0.15, -0.1) is 0 Å². The van der Waals surface area contributed by atoms with Gasteiger partial charge in [-0.25, -0.2) is 0 Å². The summed E-state index contributed by atoms with van der Waals surface area (Å²) < 4.78 is 38.6. The smallest absolute Gasteiger partial charge is 0.371 e. The lowest BCUT2D eigenvalue weighted by molar-refractivity contribution is -0.137. The van der Waals surface area contributed by atoms with E-state index in [1.165, 1.54) is 12.1 Å². The van der Waals surface area contributed by atoms with Gasteiger partial charge >= 0.3 is 6.18 Å². The fourth-order valence-corrected chi connectivity index (χ4v) is 2.56. The molecule has 1 fully saturated rings. The summed E-state index contributed by atoms with van der Waals surface area (Å²) in [7, 11) is 0. The first-order chi connectivity index (χ1) is 8.69. The molecule has 0 amide bonds. The minimum absolute atomic E-state index is 0.151. The zero-order chi connectivity index (χ0) is 14.3. The molecule has 106 valence electrons. The highest BCUT2D eigenvalue weighted by molar-refractivity contribution is 5.59. The molecule has 2 rings (SSSR count). The monoisotopic (exact) mass is 271 g/mol. The number of hydrogen-bond donors (Lipinski definition) is 0.